The molecule has 0 saturated carbocycles. The SMILES string of the molecule is CCCCc1nc(C)nc(OCc2nc(-c3ccc(C)cc3)oc2C)c1Cc1ccc(-c2ccccc2C#N)cc1. The third-order valence-electron chi connectivity index (χ3n) is 7.16. The van der Waals surface area contributed by atoms with Gasteiger partial charge in [0, 0.05) is 17.5 Å². The fourth-order valence-electron chi connectivity index (χ4n) is 4.83. The van der Waals surface area contributed by atoms with Crippen molar-refractivity contribution in [2.75, 3.05) is 0 Å². The van der Waals surface area contributed by atoms with E-state index in [0.717, 1.165) is 64.2 Å². The van der Waals surface area contributed by atoms with Crippen LogP contribution in [-0.2, 0) is 19.4 Å². The number of nitrogens with zero attached hydrogens (tertiary/aromatic N) is 4. The van der Waals surface area contributed by atoms with E-state index in [1.54, 1.807) is 0 Å². The molecular formula is C35H34N4O2. The Balaban J connectivity index is 1.41. The molecule has 0 radical (unpaired) electrons. The average Bonchev–Trinajstić information content (AvgIpc) is 3.37. The van der Waals surface area contributed by atoms with Gasteiger partial charge in [-0.25, -0.2) is 9.97 Å². The highest BCUT2D eigenvalue weighted by Crippen LogP contribution is 2.29. The predicted molar refractivity (Wildman–Crippen MR) is 161 cm³/mol. The Morgan fingerprint density at radius 3 is 2.29 bits per heavy atom. The summed E-state index contributed by atoms with van der Waals surface area (Å²) in [5.41, 5.74) is 8.62. The molecule has 0 N–H and O–H groups in total. The summed E-state index contributed by atoms with van der Waals surface area (Å²) in [7, 11) is 0. The molecule has 0 atom stereocenters. The van der Waals surface area contributed by atoms with Gasteiger partial charge in [-0.05, 0) is 68.5 Å². The van der Waals surface area contributed by atoms with E-state index in [4.69, 9.17) is 24.1 Å². The van der Waals surface area contributed by atoms with Crippen molar-refractivity contribution in [3.05, 3.63) is 118 Å². The van der Waals surface area contributed by atoms with E-state index >= 15 is 0 Å². The lowest BCUT2D eigenvalue weighted by Gasteiger charge is -2.15. The zero-order chi connectivity index (χ0) is 28.8. The van der Waals surface area contributed by atoms with Gasteiger partial charge in [0.25, 0.3) is 0 Å². The van der Waals surface area contributed by atoms with Gasteiger partial charge in [0.1, 0.15) is 23.9 Å². The normalized spacial score (nSPS) is 10.9. The molecule has 0 saturated heterocycles. The molecule has 2 heterocycles. The molecule has 0 aliphatic heterocycles. The first-order valence-corrected chi connectivity index (χ1v) is 14.1. The Bertz CT molecular complexity index is 1680. The molecule has 0 amide bonds. The summed E-state index contributed by atoms with van der Waals surface area (Å²) in [5.74, 6) is 2.59. The van der Waals surface area contributed by atoms with E-state index < -0.39 is 0 Å². The molecule has 206 valence electrons. The first kappa shape index (κ1) is 27.8. The van der Waals surface area contributed by atoms with Crippen molar-refractivity contribution in [2.45, 2.75) is 60.0 Å². The minimum absolute atomic E-state index is 0.252. The van der Waals surface area contributed by atoms with E-state index in [2.05, 4.69) is 44.2 Å². The van der Waals surface area contributed by atoms with Gasteiger partial charge in [-0.15, -0.1) is 0 Å². The minimum atomic E-state index is 0.252. The molecule has 6 heteroatoms. The summed E-state index contributed by atoms with van der Waals surface area (Å²) < 4.78 is 12.3. The van der Waals surface area contributed by atoms with Crippen molar-refractivity contribution < 1.29 is 9.15 Å². The van der Waals surface area contributed by atoms with E-state index in [-0.39, 0.29) is 6.61 Å². The number of rotatable bonds is 10. The van der Waals surface area contributed by atoms with E-state index in [1.165, 1.54) is 5.56 Å². The van der Waals surface area contributed by atoms with Gasteiger partial charge >= 0.3 is 0 Å². The van der Waals surface area contributed by atoms with Gasteiger partial charge < -0.3 is 9.15 Å². The predicted octanol–water partition coefficient (Wildman–Crippen LogP) is 8.11. The average molecular weight is 543 g/mol. The van der Waals surface area contributed by atoms with Gasteiger partial charge in [-0.3, -0.25) is 0 Å². The van der Waals surface area contributed by atoms with Gasteiger partial charge in [-0.1, -0.05) is 73.5 Å². The highest BCUT2D eigenvalue weighted by Gasteiger charge is 2.18. The van der Waals surface area contributed by atoms with Gasteiger partial charge in [0.2, 0.25) is 11.8 Å². The van der Waals surface area contributed by atoms with Crippen molar-refractivity contribution in [3.8, 4) is 34.5 Å². The monoisotopic (exact) mass is 542 g/mol. The maximum atomic E-state index is 9.51. The third-order valence-corrected chi connectivity index (χ3v) is 7.16. The summed E-state index contributed by atoms with van der Waals surface area (Å²) in [4.78, 5) is 14.3. The Labute approximate surface area is 241 Å². The van der Waals surface area contributed by atoms with Crippen molar-refractivity contribution in [1.82, 2.24) is 15.0 Å². The second-order valence-electron chi connectivity index (χ2n) is 10.3. The third kappa shape index (κ3) is 6.53. The Hall–Kier alpha value is -4.76. The summed E-state index contributed by atoms with van der Waals surface area (Å²) >= 11 is 0. The molecule has 0 aliphatic rings. The molecule has 5 aromatic rings. The lowest BCUT2D eigenvalue weighted by atomic mass is 9.96. The summed E-state index contributed by atoms with van der Waals surface area (Å²) in [6.07, 6.45) is 3.61. The molecule has 0 aliphatic carbocycles. The van der Waals surface area contributed by atoms with Gasteiger partial charge in [0.15, 0.2) is 0 Å². The van der Waals surface area contributed by atoms with Crippen LogP contribution in [0.1, 0.15) is 65.0 Å². The smallest absolute Gasteiger partial charge is 0.226 e. The van der Waals surface area contributed by atoms with Crippen molar-refractivity contribution in [1.29, 1.82) is 5.26 Å². The molecule has 0 spiro atoms. The number of hydrogen-bond donors (Lipinski definition) is 0. The Morgan fingerprint density at radius 2 is 1.56 bits per heavy atom. The van der Waals surface area contributed by atoms with Crippen LogP contribution in [0.25, 0.3) is 22.6 Å². The second kappa shape index (κ2) is 12.6. The van der Waals surface area contributed by atoms with Crippen LogP contribution in [0.2, 0.25) is 0 Å². The lowest BCUT2D eigenvalue weighted by Crippen LogP contribution is -2.09. The molecule has 41 heavy (non-hydrogen) atoms. The van der Waals surface area contributed by atoms with E-state index in [1.807, 2.05) is 62.4 Å². The number of oxazole rings is 1. The van der Waals surface area contributed by atoms with Crippen LogP contribution in [-0.4, -0.2) is 15.0 Å². The van der Waals surface area contributed by atoms with Gasteiger partial charge in [-0.2, -0.15) is 10.2 Å². The lowest BCUT2D eigenvalue weighted by molar-refractivity contribution is 0.282. The first-order chi connectivity index (χ1) is 19.9. The maximum absolute atomic E-state index is 9.51. The maximum Gasteiger partial charge on any atom is 0.226 e. The van der Waals surface area contributed by atoms with Crippen molar-refractivity contribution in [2.24, 2.45) is 0 Å². The number of unbranched alkanes of at least 4 members (excludes halogenated alkanes) is 1. The number of aromatic nitrogens is 3. The van der Waals surface area contributed by atoms with Crippen LogP contribution < -0.4 is 4.74 Å². The molecule has 2 aromatic heterocycles. The summed E-state index contributed by atoms with van der Waals surface area (Å²) in [6, 6.07) is 26.4. The van der Waals surface area contributed by atoms with Crippen LogP contribution in [0.3, 0.4) is 0 Å². The number of ether oxygens (including phenoxy) is 1. The minimum Gasteiger partial charge on any atom is -0.471 e. The quantitative estimate of drug-likeness (QED) is 0.177. The van der Waals surface area contributed by atoms with Gasteiger partial charge in [0.05, 0.1) is 17.3 Å². The molecule has 5 rings (SSSR count). The van der Waals surface area contributed by atoms with E-state index in [0.29, 0.717) is 29.6 Å². The molecule has 6 nitrogen and oxygen atoms in total. The van der Waals surface area contributed by atoms with Crippen LogP contribution in [0.5, 0.6) is 5.88 Å². The Kier molecular flexibility index (Phi) is 8.55. The number of benzene rings is 3. The van der Waals surface area contributed by atoms with E-state index in [9.17, 15) is 5.26 Å². The topological polar surface area (TPSA) is 84.8 Å². The van der Waals surface area contributed by atoms with Crippen molar-refractivity contribution >= 4 is 0 Å². The van der Waals surface area contributed by atoms with Crippen LogP contribution >= 0.6 is 0 Å². The molecule has 0 fully saturated rings. The highest BCUT2D eigenvalue weighted by atomic mass is 16.5. The van der Waals surface area contributed by atoms with Crippen LogP contribution in [0.4, 0.5) is 0 Å². The molecule has 0 unspecified atom stereocenters. The van der Waals surface area contributed by atoms with Crippen LogP contribution in [0.15, 0.2) is 77.2 Å². The fourth-order valence-corrected chi connectivity index (χ4v) is 4.83. The summed E-state index contributed by atoms with van der Waals surface area (Å²) in [6.45, 7) is 8.31. The summed E-state index contributed by atoms with van der Waals surface area (Å²) in [5, 5.41) is 9.51. The highest BCUT2D eigenvalue weighted by molar-refractivity contribution is 5.70. The number of hydrogen-bond acceptors (Lipinski definition) is 6. The molecular weight excluding hydrogens is 508 g/mol. The van der Waals surface area contributed by atoms with Crippen LogP contribution in [0, 0.1) is 32.1 Å². The zero-order valence-electron chi connectivity index (χ0n) is 24.1. The largest absolute Gasteiger partial charge is 0.471 e. The Morgan fingerprint density at radius 1 is 0.829 bits per heavy atom. The molecule has 0 bridgehead atoms. The number of nitriles is 1. The second-order valence-corrected chi connectivity index (χ2v) is 10.3. The van der Waals surface area contributed by atoms with Crippen molar-refractivity contribution in [3.63, 3.8) is 0 Å². The first-order valence-electron chi connectivity index (χ1n) is 14.1. The standard InChI is InChI=1S/C35H34N4O2/c1-5-6-11-32-31(20-26-14-18-27(19-15-26)30-10-8-7-9-29(30)21-36)35(38-25(4)37-32)40-22-33-24(3)41-34(39-33)28-16-12-23(2)13-17-28/h7-10,12-19H,5-6,11,20,22H2,1-4H3. The molecule has 3 aromatic carbocycles. The zero-order valence-corrected chi connectivity index (χ0v) is 24.1. The fraction of sp³-hybridized carbons (Fsp3) is 0.257. The number of aryl methyl sites for hydroxylation is 4.